The summed E-state index contributed by atoms with van der Waals surface area (Å²) in [4.78, 5) is 26.4. The largest absolute Gasteiger partial charge is 0.495 e. The molecule has 2 atom stereocenters. The van der Waals surface area contributed by atoms with Gasteiger partial charge in [0, 0.05) is 0 Å². The molecule has 1 saturated heterocycles. The average molecular weight is 284 g/mol. The van der Waals surface area contributed by atoms with Gasteiger partial charge in [0.2, 0.25) is 11.8 Å². The highest BCUT2D eigenvalue weighted by Crippen LogP contribution is 2.43. The predicted octanol–water partition coefficient (Wildman–Crippen LogP) is 2.25. The summed E-state index contributed by atoms with van der Waals surface area (Å²) in [7, 11) is 1.47. The van der Waals surface area contributed by atoms with Crippen LogP contribution in [0.3, 0.4) is 0 Å². The van der Waals surface area contributed by atoms with Gasteiger partial charge in [-0.2, -0.15) is 5.26 Å². The molecule has 0 radical (unpaired) electrons. The second-order valence-electron chi connectivity index (χ2n) is 5.48. The molecule has 2 fully saturated rings. The molecule has 5 heteroatoms. The number of carbonyl (C=O) groups excluding carboxylic acids is 2. The first-order valence-electron chi connectivity index (χ1n) is 7.14. The number of rotatable bonds is 2. The first-order valence-corrected chi connectivity index (χ1v) is 7.14. The molecule has 1 aromatic rings. The van der Waals surface area contributed by atoms with Crippen LogP contribution in [0.25, 0.3) is 0 Å². The van der Waals surface area contributed by atoms with Crippen molar-refractivity contribution in [3.05, 3.63) is 23.8 Å². The zero-order valence-corrected chi connectivity index (χ0v) is 11.8. The summed E-state index contributed by atoms with van der Waals surface area (Å²) in [6, 6.07) is 6.99. The molecule has 1 aliphatic heterocycles. The topological polar surface area (TPSA) is 70.4 Å². The summed E-state index contributed by atoms with van der Waals surface area (Å²) in [5.74, 6) is -0.462. The lowest BCUT2D eigenvalue weighted by molar-refractivity contribution is -0.122. The Hall–Kier alpha value is -2.35. The maximum Gasteiger partial charge on any atom is 0.237 e. The van der Waals surface area contributed by atoms with Crippen LogP contribution >= 0.6 is 0 Å². The lowest BCUT2D eigenvalue weighted by Gasteiger charge is -2.19. The van der Waals surface area contributed by atoms with E-state index in [2.05, 4.69) is 0 Å². The summed E-state index contributed by atoms with van der Waals surface area (Å²) in [6.07, 6.45) is 3.46. The summed E-state index contributed by atoms with van der Waals surface area (Å²) in [6.45, 7) is 0. The molecule has 2 aliphatic rings. The molecule has 0 spiro atoms. The van der Waals surface area contributed by atoms with Crippen LogP contribution in [0.5, 0.6) is 5.75 Å². The minimum atomic E-state index is -0.234. The van der Waals surface area contributed by atoms with Crippen molar-refractivity contribution in [3.8, 4) is 11.8 Å². The van der Waals surface area contributed by atoms with E-state index in [1.54, 1.807) is 18.2 Å². The van der Waals surface area contributed by atoms with Gasteiger partial charge < -0.3 is 4.74 Å². The standard InChI is InChI=1S/C16H16N2O3/c1-21-13-8-4-5-10(9-17)14(13)18-15(19)11-6-2-3-7-12(11)16(18)20/h4-5,8,11-12H,2-3,6-7H2,1H3. The summed E-state index contributed by atoms with van der Waals surface area (Å²) in [5, 5.41) is 9.27. The molecular formula is C16H16N2O3. The van der Waals surface area contributed by atoms with Crippen molar-refractivity contribution in [2.75, 3.05) is 12.0 Å². The van der Waals surface area contributed by atoms with E-state index in [4.69, 9.17) is 4.74 Å². The summed E-state index contributed by atoms with van der Waals surface area (Å²) >= 11 is 0. The van der Waals surface area contributed by atoms with Gasteiger partial charge in [0.15, 0.2) is 0 Å². The molecule has 108 valence electrons. The molecule has 1 aromatic carbocycles. The van der Waals surface area contributed by atoms with Crippen LogP contribution in [0.4, 0.5) is 5.69 Å². The third kappa shape index (κ3) is 1.99. The third-order valence-corrected chi connectivity index (χ3v) is 4.40. The van der Waals surface area contributed by atoms with Crippen molar-refractivity contribution < 1.29 is 14.3 Å². The molecule has 0 bridgehead atoms. The SMILES string of the molecule is COc1cccc(C#N)c1N1C(=O)C2CCCCC2C1=O. The van der Waals surface area contributed by atoms with Crippen molar-refractivity contribution in [3.63, 3.8) is 0 Å². The van der Waals surface area contributed by atoms with Crippen LogP contribution in [0.15, 0.2) is 18.2 Å². The Kier molecular flexibility index (Phi) is 3.38. The molecule has 2 amide bonds. The highest BCUT2D eigenvalue weighted by Gasteiger charge is 2.50. The van der Waals surface area contributed by atoms with Gasteiger partial charge in [-0.15, -0.1) is 0 Å². The van der Waals surface area contributed by atoms with Crippen LogP contribution in [0.2, 0.25) is 0 Å². The predicted molar refractivity (Wildman–Crippen MR) is 75.7 cm³/mol. The number of benzene rings is 1. The molecule has 3 rings (SSSR count). The number of hydrogen-bond acceptors (Lipinski definition) is 4. The van der Waals surface area contributed by atoms with Crippen LogP contribution in [0.1, 0.15) is 31.2 Å². The monoisotopic (exact) mass is 284 g/mol. The summed E-state index contributed by atoms with van der Waals surface area (Å²) < 4.78 is 5.25. The Balaban J connectivity index is 2.11. The van der Waals surface area contributed by atoms with Crippen molar-refractivity contribution in [2.45, 2.75) is 25.7 Å². The van der Waals surface area contributed by atoms with E-state index in [0.717, 1.165) is 25.7 Å². The van der Waals surface area contributed by atoms with Crippen LogP contribution in [-0.4, -0.2) is 18.9 Å². The Bertz CT molecular complexity index is 623. The first-order chi connectivity index (χ1) is 10.2. The van der Waals surface area contributed by atoms with Gasteiger partial charge in [-0.05, 0) is 25.0 Å². The van der Waals surface area contributed by atoms with E-state index in [0.29, 0.717) is 11.4 Å². The van der Waals surface area contributed by atoms with Gasteiger partial charge >= 0.3 is 0 Å². The molecule has 2 unspecified atom stereocenters. The second kappa shape index (κ2) is 5.21. The van der Waals surface area contributed by atoms with Crippen LogP contribution in [-0.2, 0) is 9.59 Å². The van der Waals surface area contributed by atoms with Gasteiger partial charge in [0.1, 0.15) is 17.5 Å². The number of ether oxygens (including phenoxy) is 1. The number of hydrogen-bond donors (Lipinski definition) is 0. The second-order valence-corrected chi connectivity index (χ2v) is 5.48. The quantitative estimate of drug-likeness (QED) is 0.781. The highest BCUT2D eigenvalue weighted by atomic mass is 16.5. The minimum absolute atomic E-state index is 0.189. The number of methoxy groups -OCH3 is 1. The fourth-order valence-electron chi connectivity index (χ4n) is 3.39. The Morgan fingerprint density at radius 2 is 1.81 bits per heavy atom. The lowest BCUT2D eigenvalue weighted by Crippen LogP contribution is -2.32. The molecular weight excluding hydrogens is 268 g/mol. The fraction of sp³-hybridized carbons (Fsp3) is 0.438. The van der Waals surface area contributed by atoms with Crippen molar-refractivity contribution in [1.82, 2.24) is 0 Å². The van der Waals surface area contributed by atoms with Crippen LogP contribution < -0.4 is 9.64 Å². The molecule has 1 aliphatic carbocycles. The maximum atomic E-state index is 12.6. The Morgan fingerprint density at radius 1 is 1.19 bits per heavy atom. The first kappa shape index (κ1) is 13.6. The molecule has 0 aromatic heterocycles. The number of carbonyl (C=O) groups is 2. The van der Waals surface area contributed by atoms with E-state index in [1.807, 2.05) is 6.07 Å². The van der Waals surface area contributed by atoms with Crippen LogP contribution in [0, 0.1) is 23.2 Å². The normalized spacial score (nSPS) is 24.7. The number of anilines is 1. The third-order valence-electron chi connectivity index (χ3n) is 4.40. The number of amides is 2. The number of para-hydroxylation sites is 1. The average Bonchev–Trinajstić information content (AvgIpc) is 2.78. The van der Waals surface area contributed by atoms with Crippen molar-refractivity contribution in [1.29, 1.82) is 5.26 Å². The molecule has 5 nitrogen and oxygen atoms in total. The van der Waals surface area contributed by atoms with E-state index in [9.17, 15) is 14.9 Å². The number of nitrogens with zero attached hydrogens (tertiary/aromatic N) is 2. The van der Waals surface area contributed by atoms with Gasteiger partial charge in [-0.25, -0.2) is 4.90 Å². The maximum absolute atomic E-state index is 12.6. The zero-order chi connectivity index (χ0) is 15.0. The highest BCUT2D eigenvalue weighted by molar-refractivity contribution is 6.23. The number of fused-ring (bicyclic) bond motifs is 1. The Labute approximate surface area is 123 Å². The fourth-order valence-corrected chi connectivity index (χ4v) is 3.39. The smallest absolute Gasteiger partial charge is 0.237 e. The Morgan fingerprint density at radius 3 is 2.33 bits per heavy atom. The molecule has 1 heterocycles. The van der Waals surface area contributed by atoms with Crippen molar-refractivity contribution in [2.24, 2.45) is 11.8 Å². The number of imide groups is 1. The van der Waals surface area contributed by atoms with Crippen molar-refractivity contribution >= 4 is 17.5 Å². The lowest BCUT2D eigenvalue weighted by atomic mass is 9.81. The van der Waals surface area contributed by atoms with E-state index in [1.165, 1.54) is 12.0 Å². The van der Waals surface area contributed by atoms with E-state index >= 15 is 0 Å². The van der Waals surface area contributed by atoms with Gasteiger partial charge in [-0.3, -0.25) is 9.59 Å². The molecule has 1 saturated carbocycles. The molecule has 21 heavy (non-hydrogen) atoms. The number of nitriles is 1. The van der Waals surface area contributed by atoms with Gasteiger partial charge in [-0.1, -0.05) is 18.9 Å². The van der Waals surface area contributed by atoms with Gasteiger partial charge in [0.25, 0.3) is 0 Å². The zero-order valence-electron chi connectivity index (χ0n) is 11.8. The minimum Gasteiger partial charge on any atom is -0.495 e. The molecule has 0 N–H and O–H groups in total. The van der Waals surface area contributed by atoms with E-state index < -0.39 is 0 Å². The van der Waals surface area contributed by atoms with E-state index in [-0.39, 0.29) is 29.2 Å². The van der Waals surface area contributed by atoms with Gasteiger partial charge in [0.05, 0.1) is 24.5 Å². The summed E-state index contributed by atoms with van der Waals surface area (Å²) in [5.41, 5.74) is 0.585.